The van der Waals surface area contributed by atoms with E-state index in [0.717, 1.165) is 4.68 Å². The number of rotatable bonds is 5. The van der Waals surface area contributed by atoms with Crippen LogP contribution in [0.2, 0.25) is 0 Å². The summed E-state index contributed by atoms with van der Waals surface area (Å²) in [6, 6.07) is 6.94. The molecule has 0 aliphatic rings. The predicted molar refractivity (Wildman–Crippen MR) is 90.4 cm³/mol. The molecule has 0 radical (unpaired) electrons. The normalized spacial score (nSPS) is 12.6. The lowest BCUT2D eigenvalue weighted by Gasteiger charge is -2.09. The van der Waals surface area contributed by atoms with Crippen LogP contribution in [0.1, 0.15) is 35.0 Å². The number of aryl methyl sites for hydroxylation is 1. The van der Waals surface area contributed by atoms with Gasteiger partial charge in [0.25, 0.3) is 5.91 Å². The summed E-state index contributed by atoms with van der Waals surface area (Å²) in [6.07, 6.45) is -4.64. The van der Waals surface area contributed by atoms with Crippen LogP contribution in [0.4, 0.5) is 13.2 Å². The Hall–Kier alpha value is -3.37. The highest BCUT2D eigenvalue weighted by atomic mass is 19.4. The van der Waals surface area contributed by atoms with E-state index in [0.29, 0.717) is 17.4 Å². The number of hydrogen-bond donors (Lipinski definition) is 1. The quantitative estimate of drug-likeness (QED) is 0.714. The van der Waals surface area contributed by atoms with Gasteiger partial charge in [0.1, 0.15) is 17.5 Å². The monoisotopic (exact) mass is 395 g/mol. The Morgan fingerprint density at radius 1 is 1.32 bits per heavy atom. The van der Waals surface area contributed by atoms with Gasteiger partial charge in [0.2, 0.25) is 11.7 Å². The van der Waals surface area contributed by atoms with Crippen LogP contribution in [0.5, 0.6) is 5.75 Å². The van der Waals surface area contributed by atoms with Crippen molar-refractivity contribution in [2.24, 2.45) is 7.05 Å². The fraction of sp³-hybridized carbons (Fsp3) is 0.294. The van der Waals surface area contributed by atoms with Crippen LogP contribution >= 0.6 is 0 Å². The van der Waals surface area contributed by atoms with Gasteiger partial charge >= 0.3 is 6.18 Å². The van der Waals surface area contributed by atoms with E-state index in [-0.39, 0.29) is 17.4 Å². The Kier molecular flexibility index (Phi) is 5.08. The highest BCUT2D eigenvalue weighted by Gasteiger charge is 2.35. The summed E-state index contributed by atoms with van der Waals surface area (Å²) >= 11 is 0. The van der Waals surface area contributed by atoms with E-state index in [9.17, 15) is 18.0 Å². The molecule has 1 N–H and O–H groups in total. The minimum atomic E-state index is -4.64. The van der Waals surface area contributed by atoms with Crippen molar-refractivity contribution in [3.63, 3.8) is 0 Å². The number of alkyl halides is 3. The lowest BCUT2D eigenvalue weighted by atomic mass is 10.2. The molecule has 1 amide bonds. The first-order valence-corrected chi connectivity index (χ1v) is 8.09. The van der Waals surface area contributed by atoms with Crippen molar-refractivity contribution in [2.45, 2.75) is 19.1 Å². The molecule has 0 aliphatic carbocycles. The molecule has 2 heterocycles. The standard InChI is InChI=1S/C17H16F3N5O3/c1-9(21-15(26)12-8-13(17(18,19)20)23-25(12)2)16-22-14(24-28-16)10-5-4-6-11(7-10)27-3/h4-9H,1-3H3,(H,21,26)/t9-/m0/s1. The highest BCUT2D eigenvalue weighted by molar-refractivity contribution is 5.92. The lowest BCUT2D eigenvalue weighted by molar-refractivity contribution is -0.141. The van der Waals surface area contributed by atoms with Gasteiger partial charge < -0.3 is 14.6 Å². The van der Waals surface area contributed by atoms with Gasteiger partial charge in [-0.1, -0.05) is 17.3 Å². The minimum absolute atomic E-state index is 0.101. The molecule has 2 aromatic heterocycles. The molecule has 3 rings (SSSR count). The second-order valence-electron chi connectivity index (χ2n) is 5.92. The molecule has 3 aromatic rings. The predicted octanol–water partition coefficient (Wildman–Crippen LogP) is 2.99. The maximum atomic E-state index is 12.7. The van der Waals surface area contributed by atoms with Gasteiger partial charge in [0.15, 0.2) is 5.69 Å². The molecular weight excluding hydrogens is 379 g/mol. The number of methoxy groups -OCH3 is 1. The summed E-state index contributed by atoms with van der Waals surface area (Å²) in [6.45, 7) is 1.57. The van der Waals surface area contributed by atoms with E-state index in [1.54, 1.807) is 31.2 Å². The minimum Gasteiger partial charge on any atom is -0.497 e. The molecule has 1 atom stereocenters. The fourth-order valence-corrected chi connectivity index (χ4v) is 2.44. The number of hydrogen-bond acceptors (Lipinski definition) is 6. The molecule has 0 bridgehead atoms. The van der Waals surface area contributed by atoms with Gasteiger partial charge in [0, 0.05) is 18.7 Å². The molecule has 0 saturated carbocycles. The van der Waals surface area contributed by atoms with Crippen molar-refractivity contribution in [2.75, 3.05) is 7.11 Å². The molecule has 28 heavy (non-hydrogen) atoms. The summed E-state index contributed by atoms with van der Waals surface area (Å²) in [4.78, 5) is 16.5. The molecule has 1 aromatic carbocycles. The smallest absolute Gasteiger partial charge is 0.435 e. The van der Waals surface area contributed by atoms with Gasteiger partial charge in [-0.3, -0.25) is 9.48 Å². The first-order valence-electron chi connectivity index (χ1n) is 8.09. The average Bonchev–Trinajstić information content (AvgIpc) is 3.28. The number of amides is 1. The van der Waals surface area contributed by atoms with E-state index < -0.39 is 23.8 Å². The van der Waals surface area contributed by atoms with E-state index in [1.165, 1.54) is 14.2 Å². The zero-order valence-corrected chi connectivity index (χ0v) is 15.1. The first-order chi connectivity index (χ1) is 13.2. The Morgan fingerprint density at radius 2 is 2.07 bits per heavy atom. The van der Waals surface area contributed by atoms with E-state index >= 15 is 0 Å². The molecule has 0 unspecified atom stereocenters. The zero-order chi connectivity index (χ0) is 20.5. The maximum Gasteiger partial charge on any atom is 0.435 e. The van der Waals surface area contributed by atoms with Crippen LogP contribution in [0, 0.1) is 0 Å². The second kappa shape index (κ2) is 7.33. The van der Waals surface area contributed by atoms with Gasteiger partial charge in [-0.2, -0.15) is 23.3 Å². The summed E-state index contributed by atoms with van der Waals surface area (Å²) in [7, 11) is 2.78. The van der Waals surface area contributed by atoms with Crippen molar-refractivity contribution in [1.29, 1.82) is 0 Å². The number of halogens is 3. The Balaban J connectivity index is 1.75. The third-order valence-corrected chi connectivity index (χ3v) is 3.89. The molecule has 11 heteroatoms. The lowest BCUT2D eigenvalue weighted by Crippen LogP contribution is -2.28. The molecule has 148 valence electrons. The van der Waals surface area contributed by atoms with Crippen molar-refractivity contribution < 1.29 is 27.2 Å². The van der Waals surface area contributed by atoms with Crippen molar-refractivity contribution in [1.82, 2.24) is 25.2 Å². The van der Waals surface area contributed by atoms with E-state index in [1.807, 2.05) is 0 Å². The van der Waals surface area contributed by atoms with Crippen molar-refractivity contribution >= 4 is 5.91 Å². The largest absolute Gasteiger partial charge is 0.497 e. The summed E-state index contributed by atoms with van der Waals surface area (Å²) < 4.78 is 49.4. The summed E-state index contributed by atoms with van der Waals surface area (Å²) in [5, 5.41) is 9.69. The number of nitrogens with one attached hydrogen (secondary N) is 1. The van der Waals surface area contributed by atoms with Crippen molar-refractivity contribution in [3.05, 3.63) is 47.6 Å². The van der Waals surface area contributed by atoms with Gasteiger partial charge in [0.05, 0.1) is 7.11 Å². The molecule has 0 fully saturated rings. The first kappa shape index (κ1) is 19.4. The van der Waals surface area contributed by atoms with Gasteiger partial charge in [-0.25, -0.2) is 0 Å². The fourth-order valence-electron chi connectivity index (χ4n) is 2.44. The van der Waals surface area contributed by atoms with Crippen LogP contribution in [-0.2, 0) is 13.2 Å². The zero-order valence-electron chi connectivity index (χ0n) is 15.1. The summed E-state index contributed by atoms with van der Waals surface area (Å²) in [5.41, 5.74) is -0.744. The SMILES string of the molecule is COc1cccc(-c2noc([C@H](C)NC(=O)c3cc(C(F)(F)F)nn3C)n2)c1. The number of carbonyl (C=O) groups is 1. The van der Waals surface area contributed by atoms with Crippen LogP contribution in [0.3, 0.4) is 0 Å². The molecular formula is C17H16F3N5O3. The number of benzene rings is 1. The highest BCUT2D eigenvalue weighted by Crippen LogP contribution is 2.28. The Labute approximate surface area is 157 Å². The number of aromatic nitrogens is 4. The van der Waals surface area contributed by atoms with Crippen LogP contribution in [-0.4, -0.2) is 32.9 Å². The van der Waals surface area contributed by atoms with Gasteiger partial charge in [-0.15, -0.1) is 0 Å². The van der Waals surface area contributed by atoms with Crippen molar-refractivity contribution in [3.8, 4) is 17.1 Å². The number of nitrogens with zero attached hydrogens (tertiary/aromatic N) is 4. The molecule has 0 aliphatic heterocycles. The average molecular weight is 395 g/mol. The van der Waals surface area contributed by atoms with Crippen LogP contribution in [0.15, 0.2) is 34.9 Å². The third-order valence-electron chi connectivity index (χ3n) is 3.89. The molecule has 0 spiro atoms. The molecule has 8 nitrogen and oxygen atoms in total. The van der Waals surface area contributed by atoms with Crippen LogP contribution < -0.4 is 10.1 Å². The van der Waals surface area contributed by atoms with E-state index in [2.05, 4.69) is 20.6 Å². The number of ether oxygens (including phenoxy) is 1. The van der Waals surface area contributed by atoms with E-state index in [4.69, 9.17) is 9.26 Å². The van der Waals surface area contributed by atoms with Crippen LogP contribution in [0.25, 0.3) is 11.4 Å². The Morgan fingerprint density at radius 3 is 2.71 bits per heavy atom. The van der Waals surface area contributed by atoms with Gasteiger partial charge in [-0.05, 0) is 19.1 Å². The topological polar surface area (TPSA) is 95.1 Å². The Bertz CT molecular complexity index is 996. The molecule has 0 saturated heterocycles. The number of carbonyl (C=O) groups excluding carboxylic acids is 1. The summed E-state index contributed by atoms with van der Waals surface area (Å²) in [5.74, 6) is 0.250. The second-order valence-corrected chi connectivity index (χ2v) is 5.92. The maximum absolute atomic E-state index is 12.7. The third kappa shape index (κ3) is 3.97.